The van der Waals surface area contributed by atoms with Crippen LogP contribution in [0.25, 0.3) is 0 Å². The van der Waals surface area contributed by atoms with Crippen LogP contribution in [0.5, 0.6) is 0 Å². The van der Waals surface area contributed by atoms with Gasteiger partial charge in [0.25, 0.3) is 0 Å². The maximum Gasteiger partial charge on any atom is 0.234 e. The van der Waals surface area contributed by atoms with Crippen LogP contribution >= 0.6 is 23.1 Å². The van der Waals surface area contributed by atoms with Gasteiger partial charge < -0.3 is 15.4 Å². The van der Waals surface area contributed by atoms with Crippen LogP contribution in [0, 0.1) is 6.92 Å². The van der Waals surface area contributed by atoms with Gasteiger partial charge >= 0.3 is 0 Å². The molecule has 2 N–H and O–H groups in total. The number of nitrogens with zero attached hydrogens (tertiary/aromatic N) is 3. The number of nitrogens with one attached hydrogen (secondary N) is 2. The summed E-state index contributed by atoms with van der Waals surface area (Å²) in [6.45, 7) is 6.46. The highest BCUT2D eigenvalue weighted by Gasteiger charge is 2.12. The summed E-state index contributed by atoms with van der Waals surface area (Å²) >= 11 is 2.82. The third kappa shape index (κ3) is 6.51. The van der Waals surface area contributed by atoms with E-state index in [0.717, 1.165) is 54.1 Å². The second-order valence-corrected chi connectivity index (χ2v) is 9.44. The smallest absolute Gasteiger partial charge is 0.234 e. The summed E-state index contributed by atoms with van der Waals surface area (Å²) < 4.78 is 6.14. The first kappa shape index (κ1) is 21.8. The van der Waals surface area contributed by atoms with Crippen molar-refractivity contribution in [3.05, 3.63) is 59.7 Å². The summed E-state index contributed by atoms with van der Waals surface area (Å²) in [6.07, 6.45) is 0. The number of anilines is 3. The van der Waals surface area contributed by atoms with Gasteiger partial charge in [-0.25, -0.2) is 0 Å². The number of aryl methyl sites for hydroxylation is 1. The summed E-state index contributed by atoms with van der Waals surface area (Å²) in [6, 6.07) is 16.0. The number of para-hydroxylation sites is 1. The Hall–Kier alpha value is -2.46. The third-order valence-electron chi connectivity index (χ3n) is 4.87. The van der Waals surface area contributed by atoms with Gasteiger partial charge in [0.05, 0.1) is 19.0 Å². The number of carbonyl (C=O) groups excluding carboxylic acids is 1. The van der Waals surface area contributed by atoms with E-state index in [9.17, 15) is 4.79 Å². The van der Waals surface area contributed by atoms with E-state index in [1.807, 2.05) is 43.3 Å². The Morgan fingerprint density at radius 1 is 1.13 bits per heavy atom. The Morgan fingerprint density at radius 3 is 2.68 bits per heavy atom. The summed E-state index contributed by atoms with van der Waals surface area (Å²) in [5, 5.41) is 15.3. The van der Waals surface area contributed by atoms with Gasteiger partial charge in [0.1, 0.15) is 0 Å². The minimum absolute atomic E-state index is 0.0606. The number of morpholine rings is 1. The molecule has 1 saturated heterocycles. The molecule has 31 heavy (non-hydrogen) atoms. The molecular weight excluding hydrogens is 430 g/mol. The second-order valence-electron chi connectivity index (χ2n) is 7.24. The van der Waals surface area contributed by atoms with Crippen molar-refractivity contribution in [1.82, 2.24) is 15.1 Å². The number of rotatable bonds is 8. The fraction of sp³-hybridized carbons (Fsp3) is 0.318. The van der Waals surface area contributed by atoms with Gasteiger partial charge in [-0.3, -0.25) is 9.69 Å². The van der Waals surface area contributed by atoms with Crippen LogP contribution < -0.4 is 10.6 Å². The van der Waals surface area contributed by atoms with Crippen molar-refractivity contribution >= 4 is 45.5 Å². The molecule has 2 aromatic carbocycles. The molecule has 0 unspecified atom stereocenters. The van der Waals surface area contributed by atoms with Crippen LogP contribution in [0.15, 0.2) is 52.9 Å². The molecule has 1 aliphatic rings. The SMILES string of the molecule is Cc1ccccc1Nc1nnc(SCC(=O)Nc2ccc(CN3CCOCC3)cc2)s1. The zero-order valence-electron chi connectivity index (χ0n) is 17.3. The predicted octanol–water partition coefficient (Wildman–Crippen LogP) is 4.15. The topological polar surface area (TPSA) is 79.4 Å². The van der Waals surface area contributed by atoms with Crippen molar-refractivity contribution in [2.24, 2.45) is 0 Å². The third-order valence-corrected chi connectivity index (χ3v) is 6.84. The van der Waals surface area contributed by atoms with Crippen molar-refractivity contribution in [2.75, 3.05) is 42.7 Å². The van der Waals surface area contributed by atoms with Gasteiger partial charge in [0.2, 0.25) is 11.0 Å². The first-order chi connectivity index (χ1) is 15.2. The second kappa shape index (κ2) is 10.7. The highest BCUT2D eigenvalue weighted by atomic mass is 32.2. The number of hydrogen-bond acceptors (Lipinski definition) is 8. The molecule has 162 valence electrons. The predicted molar refractivity (Wildman–Crippen MR) is 126 cm³/mol. The zero-order chi connectivity index (χ0) is 21.5. The summed E-state index contributed by atoms with van der Waals surface area (Å²) in [5.74, 6) is 0.226. The van der Waals surface area contributed by atoms with Gasteiger partial charge in [0, 0.05) is 31.0 Å². The molecule has 2 heterocycles. The highest BCUT2D eigenvalue weighted by Crippen LogP contribution is 2.28. The summed E-state index contributed by atoms with van der Waals surface area (Å²) in [4.78, 5) is 14.7. The average Bonchev–Trinajstić information content (AvgIpc) is 3.23. The molecule has 0 spiro atoms. The van der Waals surface area contributed by atoms with Gasteiger partial charge in [-0.05, 0) is 36.2 Å². The first-order valence-corrected chi connectivity index (χ1v) is 11.9. The molecule has 0 saturated carbocycles. The molecule has 1 aromatic heterocycles. The van der Waals surface area contributed by atoms with E-state index in [1.54, 1.807) is 0 Å². The van der Waals surface area contributed by atoms with Crippen LogP contribution in [0.4, 0.5) is 16.5 Å². The minimum Gasteiger partial charge on any atom is -0.379 e. The maximum atomic E-state index is 12.3. The summed E-state index contributed by atoms with van der Waals surface area (Å²) in [5.41, 5.74) is 4.18. The molecular formula is C22H25N5O2S2. The Labute approximate surface area is 190 Å². The molecule has 7 nitrogen and oxygen atoms in total. The molecule has 0 radical (unpaired) electrons. The van der Waals surface area contributed by atoms with Crippen molar-refractivity contribution in [2.45, 2.75) is 17.8 Å². The molecule has 0 bridgehead atoms. The molecule has 9 heteroatoms. The first-order valence-electron chi connectivity index (χ1n) is 10.1. The zero-order valence-corrected chi connectivity index (χ0v) is 19.0. The Morgan fingerprint density at radius 2 is 1.90 bits per heavy atom. The fourth-order valence-corrected chi connectivity index (χ4v) is 4.75. The number of aromatic nitrogens is 2. The van der Waals surface area contributed by atoms with E-state index < -0.39 is 0 Å². The normalized spacial score (nSPS) is 14.4. The Balaban J connectivity index is 1.23. The van der Waals surface area contributed by atoms with Crippen molar-refractivity contribution in [3.63, 3.8) is 0 Å². The molecule has 0 aliphatic carbocycles. The fourth-order valence-electron chi connectivity index (χ4n) is 3.18. The molecule has 0 atom stereocenters. The van der Waals surface area contributed by atoms with Crippen LogP contribution in [0.3, 0.4) is 0 Å². The highest BCUT2D eigenvalue weighted by molar-refractivity contribution is 8.01. The largest absolute Gasteiger partial charge is 0.379 e. The Kier molecular flexibility index (Phi) is 7.52. The quantitative estimate of drug-likeness (QED) is 0.494. The van der Waals surface area contributed by atoms with E-state index in [2.05, 4.69) is 37.9 Å². The number of amides is 1. The maximum absolute atomic E-state index is 12.3. The minimum atomic E-state index is -0.0606. The summed E-state index contributed by atoms with van der Waals surface area (Å²) in [7, 11) is 0. The lowest BCUT2D eigenvalue weighted by molar-refractivity contribution is -0.113. The number of carbonyl (C=O) groups is 1. The van der Waals surface area contributed by atoms with E-state index in [1.165, 1.54) is 28.7 Å². The molecule has 1 fully saturated rings. The van der Waals surface area contributed by atoms with E-state index in [-0.39, 0.29) is 11.7 Å². The number of hydrogen-bond donors (Lipinski definition) is 2. The van der Waals surface area contributed by atoms with E-state index in [4.69, 9.17) is 4.74 Å². The van der Waals surface area contributed by atoms with E-state index in [0.29, 0.717) is 5.13 Å². The Bertz CT molecular complexity index is 1000. The average molecular weight is 456 g/mol. The number of benzene rings is 2. The van der Waals surface area contributed by atoms with Crippen LogP contribution in [0.2, 0.25) is 0 Å². The van der Waals surface area contributed by atoms with Crippen molar-refractivity contribution < 1.29 is 9.53 Å². The molecule has 1 aliphatic heterocycles. The lowest BCUT2D eigenvalue weighted by Gasteiger charge is -2.26. The lowest BCUT2D eigenvalue weighted by atomic mass is 10.2. The van der Waals surface area contributed by atoms with Gasteiger partial charge in [-0.15, -0.1) is 10.2 Å². The molecule has 1 amide bonds. The number of ether oxygens (including phenoxy) is 1. The number of thioether (sulfide) groups is 1. The van der Waals surface area contributed by atoms with Crippen molar-refractivity contribution in [3.8, 4) is 0 Å². The lowest BCUT2D eigenvalue weighted by Crippen LogP contribution is -2.35. The van der Waals surface area contributed by atoms with Crippen LogP contribution in [-0.4, -0.2) is 53.1 Å². The van der Waals surface area contributed by atoms with Gasteiger partial charge in [0.15, 0.2) is 4.34 Å². The molecule has 3 aromatic rings. The van der Waals surface area contributed by atoms with Crippen LogP contribution in [-0.2, 0) is 16.1 Å². The van der Waals surface area contributed by atoms with E-state index >= 15 is 0 Å². The van der Waals surface area contributed by atoms with Gasteiger partial charge in [-0.2, -0.15) is 0 Å². The van der Waals surface area contributed by atoms with Gasteiger partial charge in [-0.1, -0.05) is 53.4 Å². The molecule has 4 rings (SSSR count). The van der Waals surface area contributed by atoms with Crippen molar-refractivity contribution in [1.29, 1.82) is 0 Å². The monoisotopic (exact) mass is 455 g/mol. The standard InChI is InChI=1S/C22H25N5O2S2/c1-16-4-2-3-5-19(16)24-21-25-26-22(31-21)30-15-20(28)23-18-8-6-17(7-9-18)14-27-10-12-29-13-11-27/h2-9H,10-15H2,1H3,(H,23,28)(H,24,25). The van der Waals surface area contributed by atoms with Crippen LogP contribution in [0.1, 0.15) is 11.1 Å².